The van der Waals surface area contributed by atoms with Crippen molar-refractivity contribution in [3.63, 3.8) is 0 Å². The number of rotatable bonds is 10. The largest absolute Gasteiger partial charge is 0.469 e. The SMILES string of the molecule is COC(=O)CCC(CC(=O)N1CCC2=C(C1)C(c1ccnc(C)c1)=NC2)CN(C)Cc1c(F)cccc1F. The summed E-state index contributed by atoms with van der Waals surface area (Å²) >= 11 is 0. The number of aromatic nitrogens is 1. The fraction of sp³-hybridized carbons (Fsp3) is 0.448. The number of aryl methyl sites for hydroxylation is 1. The molecule has 0 N–H and O–H groups in total. The third-order valence-electron chi connectivity index (χ3n) is 7.20. The summed E-state index contributed by atoms with van der Waals surface area (Å²) in [5, 5.41) is 0. The Labute approximate surface area is 222 Å². The molecule has 202 valence electrons. The van der Waals surface area contributed by atoms with Crippen LogP contribution in [0.2, 0.25) is 0 Å². The molecule has 2 aliphatic rings. The Hall–Kier alpha value is -3.46. The predicted molar refractivity (Wildman–Crippen MR) is 141 cm³/mol. The molecule has 0 radical (unpaired) electrons. The Morgan fingerprint density at radius 2 is 1.97 bits per heavy atom. The Bertz CT molecular complexity index is 1240. The summed E-state index contributed by atoms with van der Waals surface area (Å²) in [4.78, 5) is 38.0. The molecule has 1 aromatic heterocycles. The van der Waals surface area contributed by atoms with Crippen LogP contribution in [0.5, 0.6) is 0 Å². The molecule has 1 amide bonds. The van der Waals surface area contributed by atoms with Crippen LogP contribution < -0.4 is 0 Å². The number of carbonyl (C=O) groups is 2. The Balaban J connectivity index is 1.42. The summed E-state index contributed by atoms with van der Waals surface area (Å²) in [6.07, 6.45) is 3.38. The van der Waals surface area contributed by atoms with E-state index in [4.69, 9.17) is 9.73 Å². The smallest absolute Gasteiger partial charge is 0.305 e. The van der Waals surface area contributed by atoms with E-state index in [-0.39, 0.29) is 42.7 Å². The molecule has 0 fully saturated rings. The van der Waals surface area contributed by atoms with Crippen molar-refractivity contribution in [2.45, 2.75) is 39.2 Å². The third-order valence-corrected chi connectivity index (χ3v) is 7.20. The minimum Gasteiger partial charge on any atom is -0.469 e. The van der Waals surface area contributed by atoms with Gasteiger partial charge in [-0.1, -0.05) is 6.07 Å². The van der Waals surface area contributed by atoms with Crippen molar-refractivity contribution in [2.24, 2.45) is 10.9 Å². The van der Waals surface area contributed by atoms with Gasteiger partial charge in [-0.15, -0.1) is 0 Å². The molecule has 0 saturated carbocycles. The lowest BCUT2D eigenvalue weighted by Crippen LogP contribution is -2.40. The summed E-state index contributed by atoms with van der Waals surface area (Å²) in [5.74, 6) is -1.74. The van der Waals surface area contributed by atoms with Crippen LogP contribution in [0, 0.1) is 24.5 Å². The first kappa shape index (κ1) is 27.6. The molecule has 0 spiro atoms. The lowest BCUT2D eigenvalue weighted by atomic mass is 9.93. The molecular formula is C29H34F2N4O3. The second-order valence-electron chi connectivity index (χ2n) is 10.1. The number of halogens is 2. The van der Waals surface area contributed by atoms with Crippen LogP contribution in [0.25, 0.3) is 0 Å². The number of hydrogen-bond acceptors (Lipinski definition) is 6. The number of amides is 1. The van der Waals surface area contributed by atoms with E-state index < -0.39 is 11.6 Å². The summed E-state index contributed by atoms with van der Waals surface area (Å²) in [6.45, 7) is 4.18. The maximum Gasteiger partial charge on any atom is 0.305 e. The molecular weight excluding hydrogens is 490 g/mol. The number of benzene rings is 1. The normalized spacial score (nSPS) is 15.9. The summed E-state index contributed by atoms with van der Waals surface area (Å²) in [6, 6.07) is 7.75. The van der Waals surface area contributed by atoms with Gasteiger partial charge in [-0.3, -0.25) is 19.6 Å². The Morgan fingerprint density at radius 1 is 1.21 bits per heavy atom. The first-order chi connectivity index (χ1) is 18.2. The van der Waals surface area contributed by atoms with Crippen LogP contribution in [0.3, 0.4) is 0 Å². The van der Waals surface area contributed by atoms with Gasteiger partial charge in [0.2, 0.25) is 5.91 Å². The van der Waals surface area contributed by atoms with E-state index >= 15 is 0 Å². The van der Waals surface area contributed by atoms with Gasteiger partial charge in [-0.05, 0) is 68.1 Å². The highest BCUT2D eigenvalue weighted by molar-refractivity contribution is 6.15. The monoisotopic (exact) mass is 524 g/mol. The molecule has 0 saturated heterocycles. The molecule has 3 heterocycles. The number of ether oxygens (including phenoxy) is 1. The molecule has 2 aliphatic heterocycles. The van der Waals surface area contributed by atoms with Gasteiger partial charge in [0.15, 0.2) is 0 Å². The number of carbonyl (C=O) groups excluding carboxylic acids is 2. The van der Waals surface area contributed by atoms with Crippen LogP contribution in [-0.4, -0.2) is 72.7 Å². The lowest BCUT2D eigenvalue weighted by Gasteiger charge is -2.31. The van der Waals surface area contributed by atoms with Gasteiger partial charge < -0.3 is 14.5 Å². The maximum absolute atomic E-state index is 14.2. The van der Waals surface area contributed by atoms with Crippen LogP contribution in [-0.2, 0) is 20.9 Å². The van der Waals surface area contributed by atoms with Crippen molar-refractivity contribution in [3.8, 4) is 0 Å². The van der Waals surface area contributed by atoms with Crippen molar-refractivity contribution >= 4 is 17.6 Å². The highest BCUT2D eigenvalue weighted by Gasteiger charge is 2.30. The molecule has 9 heteroatoms. The van der Waals surface area contributed by atoms with Gasteiger partial charge in [-0.2, -0.15) is 0 Å². The van der Waals surface area contributed by atoms with Gasteiger partial charge in [0.05, 0.1) is 19.4 Å². The second kappa shape index (κ2) is 12.4. The van der Waals surface area contributed by atoms with Gasteiger partial charge >= 0.3 is 5.97 Å². The fourth-order valence-electron chi connectivity index (χ4n) is 5.18. The molecule has 7 nitrogen and oxygen atoms in total. The lowest BCUT2D eigenvalue weighted by molar-refractivity contribution is -0.141. The van der Waals surface area contributed by atoms with Gasteiger partial charge in [-0.25, -0.2) is 8.78 Å². The Morgan fingerprint density at radius 3 is 2.68 bits per heavy atom. The molecule has 1 aromatic carbocycles. The third kappa shape index (κ3) is 6.69. The molecule has 4 rings (SSSR count). The predicted octanol–water partition coefficient (Wildman–Crippen LogP) is 4.09. The van der Waals surface area contributed by atoms with E-state index in [1.165, 1.54) is 30.9 Å². The Kier molecular flexibility index (Phi) is 8.99. The standard InChI is InChI=1S/C29H34F2N4O3/c1-19-13-21(9-11-32-19)29-23-18-35(12-10-22(23)15-33-29)27(36)14-20(7-8-28(37)38-3)16-34(2)17-24-25(30)5-4-6-26(24)31/h4-6,9,11,13,20H,7-8,10,12,14-18H2,1-3H3. The van der Waals surface area contributed by atoms with Gasteiger partial charge in [0.25, 0.3) is 0 Å². The van der Waals surface area contributed by atoms with E-state index in [1.807, 2.05) is 24.0 Å². The van der Waals surface area contributed by atoms with Crippen LogP contribution in [0.1, 0.15) is 42.5 Å². The summed E-state index contributed by atoms with van der Waals surface area (Å²) in [7, 11) is 3.09. The average molecular weight is 525 g/mol. The average Bonchev–Trinajstić information content (AvgIpc) is 3.32. The number of esters is 1. The zero-order valence-corrected chi connectivity index (χ0v) is 22.2. The van der Waals surface area contributed by atoms with E-state index in [0.717, 1.165) is 29.0 Å². The minimum atomic E-state index is -0.602. The first-order valence-electron chi connectivity index (χ1n) is 12.9. The summed E-state index contributed by atoms with van der Waals surface area (Å²) in [5.41, 5.74) is 5.21. The molecule has 2 aromatic rings. The molecule has 0 bridgehead atoms. The van der Waals surface area contributed by atoms with Crippen molar-refractivity contribution < 1.29 is 23.1 Å². The minimum absolute atomic E-state index is 0.00551. The number of aliphatic imine (C=N–C) groups is 1. The van der Waals surface area contributed by atoms with E-state index in [9.17, 15) is 18.4 Å². The van der Waals surface area contributed by atoms with Gasteiger partial charge in [0, 0.05) is 62.0 Å². The van der Waals surface area contributed by atoms with Crippen LogP contribution in [0.4, 0.5) is 8.78 Å². The highest BCUT2D eigenvalue weighted by Crippen LogP contribution is 2.29. The topological polar surface area (TPSA) is 75.1 Å². The fourth-order valence-corrected chi connectivity index (χ4v) is 5.18. The first-order valence-corrected chi connectivity index (χ1v) is 12.9. The van der Waals surface area contributed by atoms with Gasteiger partial charge in [0.1, 0.15) is 11.6 Å². The number of pyridine rings is 1. The quantitative estimate of drug-likeness (QED) is 0.438. The van der Waals surface area contributed by atoms with E-state index in [2.05, 4.69) is 4.98 Å². The van der Waals surface area contributed by atoms with E-state index in [1.54, 1.807) is 18.1 Å². The summed E-state index contributed by atoms with van der Waals surface area (Å²) < 4.78 is 33.1. The van der Waals surface area contributed by atoms with Crippen molar-refractivity contribution in [2.75, 3.05) is 40.3 Å². The van der Waals surface area contributed by atoms with Crippen molar-refractivity contribution in [1.29, 1.82) is 0 Å². The van der Waals surface area contributed by atoms with Crippen LogP contribution in [0.15, 0.2) is 52.7 Å². The number of hydrogen-bond donors (Lipinski definition) is 0. The molecule has 38 heavy (non-hydrogen) atoms. The molecule has 0 aliphatic carbocycles. The van der Waals surface area contributed by atoms with Crippen molar-refractivity contribution in [1.82, 2.24) is 14.8 Å². The number of nitrogens with zero attached hydrogens (tertiary/aromatic N) is 4. The van der Waals surface area contributed by atoms with Crippen LogP contribution >= 0.6 is 0 Å². The van der Waals surface area contributed by atoms with E-state index in [0.29, 0.717) is 32.6 Å². The van der Waals surface area contributed by atoms with Crippen molar-refractivity contribution in [3.05, 3.63) is 76.1 Å². The number of methoxy groups -OCH3 is 1. The zero-order valence-electron chi connectivity index (χ0n) is 22.2. The maximum atomic E-state index is 14.2. The molecule has 1 atom stereocenters. The zero-order chi connectivity index (χ0) is 27.2. The molecule has 1 unspecified atom stereocenters. The highest BCUT2D eigenvalue weighted by atomic mass is 19.1. The second-order valence-corrected chi connectivity index (χ2v) is 10.1.